The van der Waals surface area contributed by atoms with Crippen LogP contribution >= 0.6 is 0 Å². The molecular formula is C12H9F6N. The van der Waals surface area contributed by atoms with Gasteiger partial charge in [-0.2, -0.15) is 26.3 Å². The first-order chi connectivity index (χ1) is 8.71. The molecule has 0 saturated carbocycles. The summed E-state index contributed by atoms with van der Waals surface area (Å²) in [6.45, 7) is 0. The van der Waals surface area contributed by atoms with Gasteiger partial charge in [0.05, 0.1) is 0 Å². The second-order valence-corrected chi connectivity index (χ2v) is 4.18. The lowest BCUT2D eigenvalue weighted by Crippen LogP contribution is -2.10. The molecule has 0 saturated heterocycles. The average Bonchev–Trinajstić information content (AvgIpc) is 2.54. The van der Waals surface area contributed by atoms with E-state index in [1.807, 2.05) is 0 Å². The summed E-state index contributed by atoms with van der Waals surface area (Å²) in [5.41, 5.74) is -3.18. The molecule has 2 rings (SSSR count). The minimum atomic E-state index is -4.82. The quantitative estimate of drug-likeness (QED) is 0.547. The molecule has 19 heavy (non-hydrogen) atoms. The lowest BCUT2D eigenvalue weighted by atomic mass is 9.97. The van der Waals surface area contributed by atoms with Gasteiger partial charge in [-0.3, -0.25) is 0 Å². The summed E-state index contributed by atoms with van der Waals surface area (Å²) < 4.78 is 76.7. The molecule has 0 fully saturated rings. The molecule has 1 nitrogen and oxygen atoms in total. The van der Waals surface area contributed by atoms with Crippen molar-refractivity contribution in [2.24, 2.45) is 0 Å². The topological polar surface area (TPSA) is 15.8 Å². The van der Waals surface area contributed by atoms with E-state index in [9.17, 15) is 26.3 Å². The SMILES string of the molecule is FC(F)(F)c1[nH]c(C(F)(F)F)c2c1CCC#CCC2. The molecule has 104 valence electrons. The van der Waals surface area contributed by atoms with Crippen molar-refractivity contribution in [2.45, 2.75) is 38.0 Å². The number of fused-ring (bicyclic) bond motifs is 1. The predicted molar refractivity (Wildman–Crippen MR) is 55.2 cm³/mol. The van der Waals surface area contributed by atoms with Gasteiger partial charge < -0.3 is 4.98 Å². The van der Waals surface area contributed by atoms with Crippen LogP contribution in [0.4, 0.5) is 26.3 Å². The van der Waals surface area contributed by atoms with Gasteiger partial charge in [0.1, 0.15) is 11.4 Å². The van der Waals surface area contributed by atoms with Crippen molar-refractivity contribution in [2.75, 3.05) is 0 Å². The summed E-state index contributed by atoms with van der Waals surface area (Å²) in [5.74, 6) is 5.28. The number of alkyl halides is 6. The lowest BCUT2D eigenvalue weighted by molar-refractivity contribution is -0.148. The molecule has 1 aliphatic carbocycles. The fourth-order valence-electron chi connectivity index (χ4n) is 2.17. The van der Waals surface area contributed by atoms with Gasteiger partial charge in [-0.25, -0.2) is 0 Å². The molecule has 1 heterocycles. The second-order valence-electron chi connectivity index (χ2n) is 4.18. The van der Waals surface area contributed by atoms with E-state index in [1.165, 1.54) is 4.98 Å². The number of aromatic amines is 1. The van der Waals surface area contributed by atoms with Crippen LogP contribution in [0, 0.1) is 11.8 Å². The summed E-state index contributed by atoms with van der Waals surface area (Å²) in [6, 6.07) is 0. The lowest BCUT2D eigenvalue weighted by Gasteiger charge is -2.10. The van der Waals surface area contributed by atoms with Gasteiger partial charge in [-0.05, 0) is 24.0 Å². The highest BCUT2D eigenvalue weighted by molar-refractivity contribution is 5.41. The van der Waals surface area contributed by atoms with Crippen LogP contribution in [-0.2, 0) is 25.2 Å². The second kappa shape index (κ2) is 4.51. The van der Waals surface area contributed by atoms with E-state index >= 15 is 0 Å². The van der Waals surface area contributed by atoms with Crippen LogP contribution in [0.25, 0.3) is 0 Å². The van der Waals surface area contributed by atoms with Crippen LogP contribution in [0.2, 0.25) is 0 Å². The van der Waals surface area contributed by atoms with Gasteiger partial charge in [0, 0.05) is 12.8 Å². The molecule has 0 aromatic carbocycles. The fourth-order valence-corrected chi connectivity index (χ4v) is 2.17. The Morgan fingerprint density at radius 3 is 1.42 bits per heavy atom. The monoisotopic (exact) mass is 281 g/mol. The van der Waals surface area contributed by atoms with E-state index in [-0.39, 0.29) is 36.8 Å². The maximum atomic E-state index is 12.8. The molecule has 7 heteroatoms. The van der Waals surface area contributed by atoms with Crippen LogP contribution in [-0.4, -0.2) is 4.98 Å². The highest BCUT2D eigenvalue weighted by atomic mass is 19.4. The third kappa shape index (κ3) is 2.72. The van der Waals surface area contributed by atoms with Crippen LogP contribution in [0.1, 0.15) is 35.4 Å². The van der Waals surface area contributed by atoms with E-state index in [4.69, 9.17) is 0 Å². The first-order valence-electron chi connectivity index (χ1n) is 5.55. The van der Waals surface area contributed by atoms with Crippen LogP contribution in [0.3, 0.4) is 0 Å². The zero-order valence-electron chi connectivity index (χ0n) is 9.60. The largest absolute Gasteiger partial charge is 0.431 e. The summed E-state index contributed by atoms with van der Waals surface area (Å²) in [5, 5.41) is 0. The van der Waals surface area contributed by atoms with E-state index in [1.54, 1.807) is 0 Å². The maximum Gasteiger partial charge on any atom is 0.431 e. The normalized spacial score (nSPS) is 16.1. The van der Waals surface area contributed by atoms with E-state index in [0.29, 0.717) is 0 Å². The van der Waals surface area contributed by atoms with E-state index in [2.05, 4.69) is 11.8 Å². The molecule has 0 bridgehead atoms. The van der Waals surface area contributed by atoms with Crippen LogP contribution in [0.5, 0.6) is 0 Å². The zero-order valence-corrected chi connectivity index (χ0v) is 9.60. The number of rotatable bonds is 0. The minimum absolute atomic E-state index is 0.121. The van der Waals surface area contributed by atoms with E-state index in [0.717, 1.165) is 0 Å². The van der Waals surface area contributed by atoms with Crippen molar-refractivity contribution in [1.29, 1.82) is 0 Å². The summed E-state index contributed by atoms with van der Waals surface area (Å²) >= 11 is 0. The Morgan fingerprint density at radius 1 is 0.737 bits per heavy atom. The van der Waals surface area contributed by atoms with Crippen LogP contribution in [0.15, 0.2) is 0 Å². The molecular weight excluding hydrogens is 272 g/mol. The molecule has 0 radical (unpaired) electrons. The molecule has 1 aromatic heterocycles. The van der Waals surface area contributed by atoms with Crippen molar-refractivity contribution in [3.05, 3.63) is 22.5 Å². The molecule has 0 amide bonds. The Kier molecular flexibility index (Phi) is 3.29. The van der Waals surface area contributed by atoms with Gasteiger partial charge in [0.2, 0.25) is 0 Å². The van der Waals surface area contributed by atoms with Gasteiger partial charge in [-0.15, -0.1) is 11.8 Å². The number of aromatic nitrogens is 1. The highest BCUT2D eigenvalue weighted by Crippen LogP contribution is 2.41. The molecule has 1 N–H and O–H groups in total. The standard InChI is InChI=1S/C12H9F6N/c13-11(14,15)9-7-5-3-1-2-4-6-8(7)10(19-9)12(16,17)18/h19H,3-6H2. The third-order valence-corrected chi connectivity index (χ3v) is 2.91. The van der Waals surface area contributed by atoms with Crippen LogP contribution < -0.4 is 0 Å². The third-order valence-electron chi connectivity index (χ3n) is 2.91. The first-order valence-corrected chi connectivity index (χ1v) is 5.55. The summed E-state index contributed by atoms with van der Waals surface area (Å²) in [4.78, 5) is 1.52. The van der Waals surface area contributed by atoms with Gasteiger partial charge in [0.25, 0.3) is 0 Å². The molecule has 1 aromatic rings. The average molecular weight is 281 g/mol. The van der Waals surface area contributed by atoms with Crippen molar-refractivity contribution < 1.29 is 26.3 Å². The van der Waals surface area contributed by atoms with Crippen molar-refractivity contribution >= 4 is 0 Å². The number of H-pyrrole nitrogens is 1. The Bertz CT molecular complexity index is 493. The Labute approximate surface area is 105 Å². The Hall–Kier alpha value is -1.58. The van der Waals surface area contributed by atoms with E-state index < -0.39 is 23.7 Å². The number of nitrogens with one attached hydrogen (secondary N) is 1. The minimum Gasteiger partial charge on any atom is -0.347 e. The number of halogens is 6. The molecule has 1 aliphatic rings. The smallest absolute Gasteiger partial charge is 0.347 e. The molecule has 0 atom stereocenters. The fraction of sp³-hybridized carbons (Fsp3) is 0.500. The van der Waals surface area contributed by atoms with Gasteiger partial charge >= 0.3 is 12.4 Å². The Morgan fingerprint density at radius 2 is 1.11 bits per heavy atom. The maximum absolute atomic E-state index is 12.8. The van der Waals surface area contributed by atoms with Crippen molar-refractivity contribution in [3.8, 4) is 11.8 Å². The highest BCUT2D eigenvalue weighted by Gasteiger charge is 2.43. The summed E-state index contributed by atoms with van der Waals surface area (Å²) in [6.07, 6.45) is -9.62. The van der Waals surface area contributed by atoms with Gasteiger partial charge in [0.15, 0.2) is 0 Å². The van der Waals surface area contributed by atoms with Crippen molar-refractivity contribution in [3.63, 3.8) is 0 Å². The molecule has 0 spiro atoms. The zero-order chi connectivity index (χ0) is 14.3. The van der Waals surface area contributed by atoms with Gasteiger partial charge in [-0.1, -0.05) is 0 Å². The first kappa shape index (κ1) is 13.8. The summed E-state index contributed by atoms with van der Waals surface area (Å²) in [7, 11) is 0. The molecule has 0 aliphatic heterocycles. The number of hydrogen-bond donors (Lipinski definition) is 1. The number of hydrogen-bond acceptors (Lipinski definition) is 0. The molecule has 0 unspecified atom stereocenters. The van der Waals surface area contributed by atoms with Crippen molar-refractivity contribution in [1.82, 2.24) is 4.98 Å². The predicted octanol–water partition coefficient (Wildman–Crippen LogP) is 3.93. The Balaban J connectivity index is 2.61.